The Morgan fingerprint density at radius 3 is 2.52 bits per heavy atom. The number of azo groups is 1. The van der Waals surface area contributed by atoms with Gasteiger partial charge < -0.3 is 26.6 Å². The number of H-pyrrole nitrogens is 1. The Morgan fingerprint density at radius 2 is 1.76 bits per heavy atom. The van der Waals surface area contributed by atoms with Crippen molar-refractivity contribution in [2.24, 2.45) is 21.9 Å². The molecule has 1 fully saturated rings. The van der Waals surface area contributed by atoms with E-state index in [1.54, 1.807) is 40.2 Å². The summed E-state index contributed by atoms with van der Waals surface area (Å²) < 4.78 is 3.14. The van der Waals surface area contributed by atoms with Crippen LogP contribution in [-0.2, 0) is 11.3 Å². The second kappa shape index (κ2) is 23.5. The molecule has 0 atom stereocenters. The third kappa shape index (κ3) is 12.1. The Morgan fingerprint density at radius 1 is 0.944 bits per heavy atom. The van der Waals surface area contributed by atoms with Gasteiger partial charge in [0.05, 0.1) is 24.5 Å². The highest BCUT2D eigenvalue weighted by atomic mass is 32.2. The van der Waals surface area contributed by atoms with Crippen molar-refractivity contribution < 1.29 is 9.59 Å². The van der Waals surface area contributed by atoms with E-state index in [1.807, 2.05) is 72.1 Å². The van der Waals surface area contributed by atoms with E-state index in [1.165, 1.54) is 27.4 Å². The van der Waals surface area contributed by atoms with E-state index in [0.717, 1.165) is 60.4 Å². The molecule has 0 unspecified atom stereocenters. The van der Waals surface area contributed by atoms with Crippen molar-refractivity contribution in [2.45, 2.75) is 37.9 Å². The number of piperidine rings is 1. The van der Waals surface area contributed by atoms with Crippen LogP contribution in [-0.4, -0.2) is 113 Å². The van der Waals surface area contributed by atoms with Crippen molar-refractivity contribution in [3.05, 3.63) is 123 Å². The number of nitrogens with zero attached hydrogens (tertiary/aromatic N) is 11. The first kappa shape index (κ1) is 48.6. The van der Waals surface area contributed by atoms with E-state index in [2.05, 4.69) is 75.2 Å². The van der Waals surface area contributed by atoms with Gasteiger partial charge in [0.2, 0.25) is 16.2 Å². The van der Waals surface area contributed by atoms with Gasteiger partial charge in [-0.25, -0.2) is 24.6 Å². The maximum Gasteiger partial charge on any atom is 0.301 e. The predicted molar refractivity (Wildman–Crippen MR) is 278 cm³/mol. The lowest BCUT2D eigenvalue weighted by Gasteiger charge is -2.31. The zero-order valence-corrected chi connectivity index (χ0v) is 41.2. The minimum Gasteiger partial charge on any atom is -0.367 e. The molecule has 9 rings (SSSR count). The molecule has 1 saturated heterocycles. The molecular weight excluding hydrogens is 957 g/mol. The lowest BCUT2D eigenvalue weighted by molar-refractivity contribution is -0.126. The number of carbonyl (C=O) groups excluding carboxylic acids is 2. The Kier molecular flexibility index (Phi) is 16.1. The van der Waals surface area contributed by atoms with Gasteiger partial charge in [0.25, 0.3) is 5.91 Å². The number of thiazole rings is 2. The van der Waals surface area contributed by atoms with Crippen molar-refractivity contribution in [2.75, 3.05) is 56.9 Å². The first-order valence-corrected chi connectivity index (χ1v) is 25.9. The van der Waals surface area contributed by atoms with Crippen molar-refractivity contribution in [3.63, 3.8) is 0 Å². The maximum absolute atomic E-state index is 13.6. The van der Waals surface area contributed by atoms with Crippen LogP contribution >= 0.6 is 34.4 Å². The molecule has 71 heavy (non-hydrogen) atoms. The van der Waals surface area contributed by atoms with Gasteiger partial charge in [-0.05, 0) is 62.2 Å². The molecule has 1 aliphatic heterocycles. The number of aromatic nitrogens is 9. The molecule has 0 saturated carbocycles. The number of benzene rings is 3. The van der Waals surface area contributed by atoms with Crippen molar-refractivity contribution in [1.29, 1.82) is 0 Å². The third-order valence-corrected chi connectivity index (χ3v) is 14.0. The fourth-order valence-electron chi connectivity index (χ4n) is 7.76. The van der Waals surface area contributed by atoms with Crippen molar-refractivity contribution in [3.8, 4) is 39.5 Å². The number of carbonyl (C=O) groups is 2. The average Bonchev–Trinajstić information content (AvgIpc) is 4.25. The highest BCUT2D eigenvalue weighted by Gasteiger charge is 2.25. The van der Waals surface area contributed by atoms with Gasteiger partial charge in [0.1, 0.15) is 0 Å². The number of likely N-dealkylation sites (tertiary alicyclic amines) is 1. The number of hydrogen-bond acceptors (Lipinski definition) is 17. The molecule has 0 bridgehead atoms. The van der Waals surface area contributed by atoms with Gasteiger partial charge in [-0.15, -0.1) is 38.0 Å². The fraction of sp³-hybridized carbons (Fsp3) is 0.286. The highest BCUT2D eigenvalue weighted by Crippen LogP contribution is 2.31. The van der Waals surface area contributed by atoms with E-state index in [4.69, 9.17) is 15.7 Å². The molecule has 6 heterocycles. The summed E-state index contributed by atoms with van der Waals surface area (Å²) in [6, 6.07) is 24.6. The first-order chi connectivity index (χ1) is 34.8. The van der Waals surface area contributed by atoms with Crippen LogP contribution < -0.4 is 27.2 Å². The topological polar surface area (TPSA) is 244 Å². The summed E-state index contributed by atoms with van der Waals surface area (Å²) in [4.78, 5) is 60.3. The molecule has 6 N–H and O–H groups in total. The molecule has 362 valence electrons. The summed E-state index contributed by atoms with van der Waals surface area (Å²) in [5.74, 6) is 7.53. The number of nitrogens with two attached hydrogens (primary N) is 1. The molecule has 0 radical (unpaired) electrons. The monoisotopic (exact) mass is 1010 g/mol. The molecule has 0 spiro atoms. The van der Waals surface area contributed by atoms with Crippen LogP contribution in [0.1, 0.15) is 47.7 Å². The van der Waals surface area contributed by atoms with Crippen LogP contribution in [0.2, 0.25) is 0 Å². The van der Waals surface area contributed by atoms with Gasteiger partial charge in [-0.3, -0.25) is 19.5 Å². The van der Waals surface area contributed by atoms with E-state index >= 15 is 0 Å². The number of hydrogen-bond donors (Lipinski definition) is 5. The first-order valence-electron chi connectivity index (χ1n) is 23.2. The SMILES string of the molecule is CCCSc1nc(NCCN)c2nnn(Cc3ccc(C#CCNC(=O)C4CCN(CCNC(=O)c5ccc(-c6csc(-n7[nH]c(-c8ccccc8)c(N=Nc8nccs8)c7=O)n6)cc5)CC4)cc3)c2n1. The maximum atomic E-state index is 13.6. The largest absolute Gasteiger partial charge is 0.367 e. The summed E-state index contributed by atoms with van der Waals surface area (Å²) in [5.41, 5.74) is 11.9. The smallest absolute Gasteiger partial charge is 0.301 e. The van der Waals surface area contributed by atoms with Gasteiger partial charge in [-0.1, -0.05) is 90.3 Å². The second-order valence-corrected chi connectivity index (χ2v) is 19.1. The average molecular weight is 1010 g/mol. The van der Waals surface area contributed by atoms with Crippen LogP contribution in [0.4, 0.5) is 16.6 Å². The summed E-state index contributed by atoms with van der Waals surface area (Å²) in [7, 11) is 0. The van der Waals surface area contributed by atoms with Crippen LogP contribution in [0, 0.1) is 17.8 Å². The van der Waals surface area contributed by atoms with Crippen LogP contribution in [0.5, 0.6) is 0 Å². The zero-order chi connectivity index (χ0) is 48.9. The quantitative estimate of drug-likeness (QED) is 0.0240. The number of amides is 2. The van der Waals surface area contributed by atoms with Crippen LogP contribution in [0.25, 0.3) is 38.8 Å². The van der Waals surface area contributed by atoms with Gasteiger partial charge >= 0.3 is 5.56 Å². The Hall–Kier alpha value is -7.42. The molecule has 0 aliphatic carbocycles. The highest BCUT2D eigenvalue weighted by molar-refractivity contribution is 7.99. The number of fused-ring (bicyclic) bond motifs is 1. The van der Waals surface area contributed by atoms with Gasteiger partial charge in [-0.2, -0.15) is 4.68 Å². The number of aromatic amines is 1. The number of nitrogens with one attached hydrogen (secondary N) is 4. The minimum absolute atomic E-state index is 0.0108. The van der Waals surface area contributed by atoms with Gasteiger partial charge in [0.15, 0.2) is 27.8 Å². The van der Waals surface area contributed by atoms with E-state index in [-0.39, 0.29) is 30.0 Å². The van der Waals surface area contributed by atoms with E-state index in [0.29, 0.717) is 82.1 Å². The van der Waals surface area contributed by atoms with Crippen molar-refractivity contribution >= 4 is 74.1 Å². The van der Waals surface area contributed by atoms with E-state index in [9.17, 15) is 14.4 Å². The van der Waals surface area contributed by atoms with Crippen molar-refractivity contribution in [1.82, 2.24) is 60.2 Å². The minimum atomic E-state index is -0.390. The summed E-state index contributed by atoms with van der Waals surface area (Å²) >= 11 is 4.23. The number of anilines is 1. The number of thioether (sulfide) groups is 1. The molecule has 5 aromatic heterocycles. The molecule has 19 nitrogen and oxygen atoms in total. The van der Waals surface area contributed by atoms with Crippen LogP contribution in [0.3, 0.4) is 0 Å². The fourth-order valence-corrected chi connectivity index (χ4v) is 9.70. The zero-order valence-electron chi connectivity index (χ0n) is 38.7. The standard InChI is InChI=1S/C49H50N16O3S3/c1-2-28-69-48-56-42(51-22-20-50)41-43(57-48)64(62-59-41)30-33-12-10-32(11-13-33)7-6-21-52-45(67)37-18-25-63(26-19-37)27-23-53-44(66)36-16-14-34(15-17-36)38-31-71-49(55-38)65-46(68)40(58-60-47-54-24-29-70-47)39(61-65)35-8-4-3-5-9-35/h3-5,8-17,24,29,31,37,61H,2,18-23,25-28,30,50H2,1H3,(H,52,67)(H,53,66)(H,51,56,57). The molecular formula is C49H50N16O3S3. The number of rotatable bonds is 19. The summed E-state index contributed by atoms with van der Waals surface area (Å²) in [5, 5.41) is 34.8. The molecule has 8 aromatic rings. The van der Waals surface area contributed by atoms with E-state index < -0.39 is 5.56 Å². The Labute approximate surface area is 420 Å². The lowest BCUT2D eigenvalue weighted by atomic mass is 9.96. The predicted octanol–water partition coefficient (Wildman–Crippen LogP) is 6.89. The third-order valence-electron chi connectivity index (χ3n) is 11.5. The lowest BCUT2D eigenvalue weighted by Crippen LogP contribution is -2.43. The summed E-state index contributed by atoms with van der Waals surface area (Å²) in [6.45, 7) is 6.59. The molecule has 22 heteroatoms. The van der Waals surface area contributed by atoms with Crippen LogP contribution in [0.15, 0.2) is 116 Å². The normalized spacial score (nSPS) is 13.1. The Balaban J connectivity index is 0.704. The molecule has 3 aromatic carbocycles. The molecule has 1 aliphatic rings. The second-order valence-electron chi connectivity index (χ2n) is 16.4. The molecule has 2 amide bonds. The summed E-state index contributed by atoms with van der Waals surface area (Å²) in [6.07, 6.45) is 4.11. The van der Waals surface area contributed by atoms with Gasteiger partial charge in [0, 0.05) is 77.1 Å². The Bertz CT molecular complexity index is 3220.